The predicted molar refractivity (Wildman–Crippen MR) is 102 cm³/mol. The Labute approximate surface area is 147 Å². The van der Waals surface area contributed by atoms with Gasteiger partial charge in [-0.3, -0.25) is 9.89 Å². The van der Waals surface area contributed by atoms with E-state index >= 15 is 0 Å². The van der Waals surface area contributed by atoms with Gasteiger partial charge in [0.2, 0.25) is 0 Å². The molecule has 0 atom stereocenters. The van der Waals surface area contributed by atoms with Crippen molar-refractivity contribution >= 4 is 5.96 Å². The molecule has 0 unspecified atom stereocenters. The minimum Gasteiger partial charge on any atom is -0.355 e. The molecule has 134 valence electrons. The summed E-state index contributed by atoms with van der Waals surface area (Å²) in [6, 6.07) is 11.3. The summed E-state index contributed by atoms with van der Waals surface area (Å²) in [6.45, 7) is 8.56. The molecule has 5 nitrogen and oxygen atoms in total. The zero-order valence-electron chi connectivity index (χ0n) is 15.5. The van der Waals surface area contributed by atoms with Crippen LogP contribution < -0.4 is 10.6 Å². The third kappa shape index (κ3) is 6.49. The molecule has 0 aliphatic carbocycles. The molecule has 0 spiro atoms. The van der Waals surface area contributed by atoms with E-state index in [1.165, 1.54) is 18.4 Å². The Morgan fingerprint density at radius 2 is 1.96 bits per heavy atom. The molecule has 0 aromatic heterocycles. The van der Waals surface area contributed by atoms with Crippen molar-refractivity contribution in [2.24, 2.45) is 4.99 Å². The van der Waals surface area contributed by atoms with E-state index in [-0.39, 0.29) is 0 Å². The van der Waals surface area contributed by atoms with Crippen molar-refractivity contribution in [2.75, 3.05) is 46.8 Å². The van der Waals surface area contributed by atoms with Crippen LogP contribution in [0.5, 0.6) is 0 Å². The van der Waals surface area contributed by atoms with Crippen molar-refractivity contribution in [1.82, 2.24) is 20.4 Å². The van der Waals surface area contributed by atoms with E-state index in [2.05, 4.69) is 69.7 Å². The van der Waals surface area contributed by atoms with Gasteiger partial charge in [0.15, 0.2) is 5.96 Å². The van der Waals surface area contributed by atoms with Crippen LogP contribution in [0.2, 0.25) is 0 Å². The smallest absolute Gasteiger partial charge is 0.191 e. The summed E-state index contributed by atoms with van der Waals surface area (Å²) in [5.74, 6) is 0.931. The molecule has 1 fully saturated rings. The Morgan fingerprint density at radius 1 is 1.25 bits per heavy atom. The quantitative estimate of drug-likeness (QED) is 0.590. The third-order valence-electron chi connectivity index (χ3n) is 4.73. The molecule has 2 rings (SSSR count). The molecular formula is C19H33N5. The van der Waals surface area contributed by atoms with E-state index in [4.69, 9.17) is 0 Å². The molecule has 1 aliphatic heterocycles. The third-order valence-corrected chi connectivity index (χ3v) is 4.73. The second-order valence-electron chi connectivity index (χ2n) is 6.58. The second-order valence-corrected chi connectivity index (χ2v) is 6.58. The Hall–Kier alpha value is -1.59. The van der Waals surface area contributed by atoms with Gasteiger partial charge in [-0.15, -0.1) is 0 Å². The van der Waals surface area contributed by atoms with Gasteiger partial charge in [0.25, 0.3) is 0 Å². The van der Waals surface area contributed by atoms with E-state index < -0.39 is 0 Å². The molecule has 1 aliphatic rings. The van der Waals surface area contributed by atoms with Gasteiger partial charge < -0.3 is 15.5 Å². The predicted octanol–water partition coefficient (Wildman–Crippen LogP) is 1.77. The van der Waals surface area contributed by atoms with Crippen LogP contribution in [-0.2, 0) is 6.54 Å². The van der Waals surface area contributed by atoms with Crippen LogP contribution in [-0.4, -0.2) is 68.6 Å². The lowest BCUT2D eigenvalue weighted by atomic mass is 10.0. The summed E-state index contributed by atoms with van der Waals surface area (Å²) < 4.78 is 0. The first-order chi connectivity index (χ1) is 11.7. The van der Waals surface area contributed by atoms with Crippen molar-refractivity contribution in [1.29, 1.82) is 0 Å². The molecule has 1 heterocycles. The van der Waals surface area contributed by atoms with E-state index in [9.17, 15) is 0 Å². The van der Waals surface area contributed by atoms with Gasteiger partial charge in [-0.2, -0.15) is 0 Å². The zero-order valence-corrected chi connectivity index (χ0v) is 15.5. The summed E-state index contributed by atoms with van der Waals surface area (Å²) in [5, 5.41) is 6.99. The standard InChI is InChI=1S/C19H33N5/c1-4-23(3)15-12-21-19(20-2)22-18-10-13-24(14-11-18)16-17-8-6-5-7-9-17/h5-9,18H,4,10-16H2,1-3H3,(H2,20,21,22). The van der Waals surface area contributed by atoms with Gasteiger partial charge in [-0.1, -0.05) is 37.3 Å². The number of piperidine rings is 1. The molecule has 1 aromatic rings. The molecule has 2 N–H and O–H groups in total. The molecule has 0 radical (unpaired) electrons. The first-order valence-corrected chi connectivity index (χ1v) is 9.13. The summed E-state index contributed by atoms with van der Waals surface area (Å²) in [4.78, 5) is 9.19. The number of hydrogen-bond donors (Lipinski definition) is 2. The summed E-state index contributed by atoms with van der Waals surface area (Å²) >= 11 is 0. The van der Waals surface area contributed by atoms with E-state index in [1.807, 2.05) is 7.05 Å². The van der Waals surface area contributed by atoms with Crippen molar-refractivity contribution in [3.8, 4) is 0 Å². The fraction of sp³-hybridized carbons (Fsp3) is 0.632. The number of nitrogens with zero attached hydrogens (tertiary/aromatic N) is 3. The summed E-state index contributed by atoms with van der Waals surface area (Å²) in [6.07, 6.45) is 2.34. The number of nitrogens with one attached hydrogen (secondary N) is 2. The van der Waals surface area contributed by atoms with Gasteiger partial charge in [0.05, 0.1) is 0 Å². The van der Waals surface area contributed by atoms with E-state index in [0.29, 0.717) is 6.04 Å². The average molecular weight is 332 g/mol. The number of guanidine groups is 1. The van der Waals surface area contributed by atoms with Crippen LogP contribution in [0, 0.1) is 0 Å². The summed E-state index contributed by atoms with van der Waals surface area (Å²) in [7, 11) is 3.99. The lowest BCUT2D eigenvalue weighted by Crippen LogP contribution is -2.49. The van der Waals surface area contributed by atoms with Crippen LogP contribution in [0.25, 0.3) is 0 Å². The van der Waals surface area contributed by atoms with Crippen molar-refractivity contribution in [3.05, 3.63) is 35.9 Å². The van der Waals surface area contributed by atoms with Crippen LogP contribution in [0.3, 0.4) is 0 Å². The Bertz CT molecular complexity index is 480. The van der Waals surface area contributed by atoms with Crippen molar-refractivity contribution < 1.29 is 0 Å². The van der Waals surface area contributed by atoms with Crippen molar-refractivity contribution in [3.63, 3.8) is 0 Å². The highest BCUT2D eigenvalue weighted by Crippen LogP contribution is 2.13. The van der Waals surface area contributed by atoms with Gasteiger partial charge in [-0.05, 0) is 32.0 Å². The number of aliphatic imine (C=N–C) groups is 1. The second kappa shape index (κ2) is 10.3. The summed E-state index contributed by atoms with van der Waals surface area (Å²) in [5.41, 5.74) is 1.40. The molecule has 0 saturated carbocycles. The van der Waals surface area contributed by atoms with Gasteiger partial charge in [0.1, 0.15) is 0 Å². The SMILES string of the molecule is CCN(C)CCNC(=NC)NC1CCN(Cc2ccccc2)CC1. The minimum atomic E-state index is 0.520. The van der Waals surface area contributed by atoms with Crippen LogP contribution >= 0.6 is 0 Å². The monoisotopic (exact) mass is 331 g/mol. The van der Waals surface area contributed by atoms with Crippen molar-refractivity contribution in [2.45, 2.75) is 32.4 Å². The molecule has 1 aromatic carbocycles. The number of benzene rings is 1. The van der Waals surface area contributed by atoms with E-state index in [0.717, 1.165) is 45.2 Å². The molecule has 0 amide bonds. The molecule has 1 saturated heterocycles. The molecule has 24 heavy (non-hydrogen) atoms. The molecular weight excluding hydrogens is 298 g/mol. The molecule has 0 bridgehead atoms. The van der Waals surface area contributed by atoms with Crippen LogP contribution in [0.4, 0.5) is 0 Å². The highest BCUT2D eigenvalue weighted by Gasteiger charge is 2.19. The fourth-order valence-corrected chi connectivity index (χ4v) is 2.99. The largest absolute Gasteiger partial charge is 0.355 e. The highest BCUT2D eigenvalue weighted by molar-refractivity contribution is 5.79. The maximum absolute atomic E-state index is 4.35. The van der Waals surface area contributed by atoms with Gasteiger partial charge in [-0.25, -0.2) is 0 Å². The number of likely N-dealkylation sites (N-methyl/N-ethyl adjacent to an activating group) is 1. The average Bonchev–Trinajstić information content (AvgIpc) is 2.63. The Kier molecular flexibility index (Phi) is 8.05. The lowest BCUT2D eigenvalue weighted by Gasteiger charge is -2.33. The topological polar surface area (TPSA) is 42.9 Å². The maximum Gasteiger partial charge on any atom is 0.191 e. The maximum atomic E-state index is 4.35. The number of likely N-dealkylation sites (tertiary alicyclic amines) is 1. The first-order valence-electron chi connectivity index (χ1n) is 9.13. The highest BCUT2D eigenvalue weighted by atomic mass is 15.2. The number of rotatable bonds is 7. The zero-order chi connectivity index (χ0) is 17.2. The van der Waals surface area contributed by atoms with Gasteiger partial charge >= 0.3 is 0 Å². The van der Waals surface area contributed by atoms with Crippen LogP contribution in [0.1, 0.15) is 25.3 Å². The minimum absolute atomic E-state index is 0.520. The number of hydrogen-bond acceptors (Lipinski definition) is 3. The fourth-order valence-electron chi connectivity index (χ4n) is 2.99. The Balaban J connectivity index is 1.67. The first kappa shape index (κ1) is 18.7. The normalized spacial score (nSPS) is 17.2. The van der Waals surface area contributed by atoms with E-state index in [1.54, 1.807) is 0 Å². The lowest BCUT2D eigenvalue weighted by molar-refractivity contribution is 0.198. The van der Waals surface area contributed by atoms with Crippen LogP contribution in [0.15, 0.2) is 35.3 Å². The van der Waals surface area contributed by atoms with Gasteiger partial charge in [0, 0.05) is 45.8 Å². The molecule has 5 heteroatoms. The Morgan fingerprint density at radius 3 is 2.58 bits per heavy atom.